The lowest BCUT2D eigenvalue weighted by molar-refractivity contribution is -0.144. The van der Waals surface area contributed by atoms with Crippen molar-refractivity contribution in [2.24, 2.45) is 5.92 Å². The van der Waals surface area contributed by atoms with Crippen LogP contribution >= 0.6 is 0 Å². The van der Waals surface area contributed by atoms with Crippen molar-refractivity contribution in [2.45, 2.75) is 70.4 Å². The Labute approximate surface area is 129 Å². The van der Waals surface area contributed by atoms with Crippen LogP contribution in [0.2, 0.25) is 0 Å². The van der Waals surface area contributed by atoms with E-state index in [9.17, 15) is 18.4 Å². The molecule has 0 aromatic rings. The van der Waals surface area contributed by atoms with Crippen molar-refractivity contribution >= 4 is 11.9 Å². The van der Waals surface area contributed by atoms with E-state index in [1.165, 1.54) is 0 Å². The van der Waals surface area contributed by atoms with E-state index in [-0.39, 0.29) is 44.3 Å². The fourth-order valence-electron chi connectivity index (χ4n) is 2.33. The maximum absolute atomic E-state index is 13.1. The normalized spacial score (nSPS) is 20.4. The van der Waals surface area contributed by atoms with Crippen molar-refractivity contribution in [3.05, 3.63) is 0 Å². The van der Waals surface area contributed by atoms with Gasteiger partial charge in [-0.3, -0.25) is 4.79 Å². The Morgan fingerprint density at radius 3 is 2.32 bits per heavy atom. The highest BCUT2D eigenvalue weighted by atomic mass is 19.3. The van der Waals surface area contributed by atoms with Gasteiger partial charge in [-0.2, -0.15) is 0 Å². The molecule has 1 atom stereocenters. The molecule has 1 aliphatic carbocycles. The second-order valence-electron chi connectivity index (χ2n) is 6.78. The summed E-state index contributed by atoms with van der Waals surface area (Å²) in [6.45, 7) is 5.75. The van der Waals surface area contributed by atoms with E-state index in [1.54, 1.807) is 0 Å². The van der Waals surface area contributed by atoms with Gasteiger partial charge in [0.25, 0.3) is 0 Å². The van der Waals surface area contributed by atoms with E-state index in [2.05, 4.69) is 5.32 Å². The zero-order valence-corrected chi connectivity index (χ0v) is 13.3. The molecule has 0 saturated heterocycles. The van der Waals surface area contributed by atoms with Crippen molar-refractivity contribution < 1.29 is 28.2 Å². The summed E-state index contributed by atoms with van der Waals surface area (Å²) in [4.78, 5) is 23.2. The average molecular weight is 321 g/mol. The van der Waals surface area contributed by atoms with E-state index in [4.69, 9.17) is 9.84 Å². The summed E-state index contributed by atoms with van der Waals surface area (Å²) in [7, 11) is 0. The predicted molar refractivity (Wildman–Crippen MR) is 76.8 cm³/mol. The largest absolute Gasteiger partial charge is 0.480 e. The number of alkyl halides is 2. The van der Waals surface area contributed by atoms with Crippen LogP contribution in [0.3, 0.4) is 0 Å². The van der Waals surface area contributed by atoms with Crippen LogP contribution in [0.5, 0.6) is 0 Å². The van der Waals surface area contributed by atoms with Crippen molar-refractivity contribution in [2.75, 3.05) is 6.61 Å². The topological polar surface area (TPSA) is 75.6 Å². The Morgan fingerprint density at radius 2 is 1.86 bits per heavy atom. The zero-order chi connectivity index (χ0) is 17.0. The summed E-state index contributed by atoms with van der Waals surface area (Å²) in [6, 6.07) is -1.06. The van der Waals surface area contributed by atoms with E-state index in [1.807, 2.05) is 20.8 Å². The molecular formula is C15H25F2NO4. The first-order valence-corrected chi connectivity index (χ1v) is 7.55. The summed E-state index contributed by atoms with van der Waals surface area (Å²) in [5.74, 6) is -4.85. The lowest BCUT2D eigenvalue weighted by Crippen LogP contribution is -2.45. The van der Waals surface area contributed by atoms with Crippen LogP contribution < -0.4 is 5.32 Å². The monoisotopic (exact) mass is 321 g/mol. The molecule has 1 amide bonds. The highest BCUT2D eigenvalue weighted by Crippen LogP contribution is 2.36. The molecule has 0 aromatic carbocycles. The molecule has 1 fully saturated rings. The summed E-state index contributed by atoms with van der Waals surface area (Å²) >= 11 is 0. The summed E-state index contributed by atoms with van der Waals surface area (Å²) < 4.78 is 31.6. The van der Waals surface area contributed by atoms with E-state index in [0.717, 1.165) is 0 Å². The second-order valence-corrected chi connectivity index (χ2v) is 6.78. The highest BCUT2D eigenvalue weighted by Gasteiger charge is 2.38. The molecule has 0 aliphatic heterocycles. The van der Waals surface area contributed by atoms with Crippen LogP contribution in [0.1, 0.15) is 52.9 Å². The van der Waals surface area contributed by atoms with Gasteiger partial charge in [-0.15, -0.1) is 0 Å². The van der Waals surface area contributed by atoms with Gasteiger partial charge in [-0.05, 0) is 33.6 Å². The third-order valence-electron chi connectivity index (χ3n) is 3.64. The maximum Gasteiger partial charge on any atom is 0.326 e. The molecule has 0 spiro atoms. The fourth-order valence-corrected chi connectivity index (χ4v) is 2.33. The lowest BCUT2D eigenvalue weighted by Gasteiger charge is -2.28. The van der Waals surface area contributed by atoms with Crippen molar-refractivity contribution in [1.82, 2.24) is 5.32 Å². The number of amides is 1. The van der Waals surface area contributed by atoms with Crippen LogP contribution in [0.4, 0.5) is 8.78 Å². The second kappa shape index (κ2) is 7.35. The zero-order valence-electron chi connectivity index (χ0n) is 13.3. The number of ether oxygens (including phenoxy) is 1. The number of hydrogen-bond donors (Lipinski definition) is 2. The van der Waals surface area contributed by atoms with E-state index >= 15 is 0 Å². The third-order valence-corrected chi connectivity index (χ3v) is 3.64. The first-order chi connectivity index (χ1) is 10.0. The number of halogens is 2. The van der Waals surface area contributed by atoms with Gasteiger partial charge in [-0.25, -0.2) is 13.6 Å². The minimum Gasteiger partial charge on any atom is -0.480 e. The Bertz CT molecular complexity index is 397. The molecule has 0 radical (unpaired) electrons. The minimum absolute atomic E-state index is 0.0870. The molecule has 2 N–H and O–H groups in total. The Hall–Kier alpha value is -1.24. The molecule has 22 heavy (non-hydrogen) atoms. The Kier molecular flexibility index (Phi) is 6.28. The van der Waals surface area contributed by atoms with Crippen LogP contribution in [0.25, 0.3) is 0 Å². The first-order valence-electron chi connectivity index (χ1n) is 7.55. The van der Waals surface area contributed by atoms with Gasteiger partial charge < -0.3 is 15.2 Å². The highest BCUT2D eigenvalue weighted by molar-refractivity contribution is 5.85. The molecule has 0 bridgehead atoms. The quantitative estimate of drug-likeness (QED) is 0.788. The van der Waals surface area contributed by atoms with Gasteiger partial charge in [-0.1, -0.05) is 0 Å². The summed E-state index contributed by atoms with van der Waals surface area (Å²) in [5, 5.41) is 11.6. The molecule has 0 heterocycles. The van der Waals surface area contributed by atoms with Gasteiger partial charge in [0.2, 0.25) is 11.8 Å². The van der Waals surface area contributed by atoms with Crippen LogP contribution in [0, 0.1) is 5.92 Å². The van der Waals surface area contributed by atoms with Crippen LogP contribution in [0.15, 0.2) is 0 Å². The molecule has 5 nitrogen and oxygen atoms in total. The summed E-state index contributed by atoms with van der Waals surface area (Å²) in [5.41, 5.74) is -0.387. The van der Waals surface area contributed by atoms with Gasteiger partial charge >= 0.3 is 5.97 Å². The number of nitrogens with one attached hydrogen (secondary N) is 1. The fraction of sp³-hybridized carbons (Fsp3) is 0.867. The molecule has 1 saturated carbocycles. The molecule has 1 aliphatic rings. The minimum atomic E-state index is -2.70. The Balaban J connectivity index is 2.46. The number of carbonyl (C=O) groups is 2. The maximum atomic E-state index is 13.1. The van der Waals surface area contributed by atoms with Crippen molar-refractivity contribution in [3.8, 4) is 0 Å². The van der Waals surface area contributed by atoms with Crippen LogP contribution in [-0.2, 0) is 14.3 Å². The van der Waals surface area contributed by atoms with Gasteiger partial charge in [0, 0.05) is 31.8 Å². The van der Waals surface area contributed by atoms with Gasteiger partial charge in [0.1, 0.15) is 6.04 Å². The van der Waals surface area contributed by atoms with E-state index in [0.29, 0.717) is 0 Å². The third kappa shape index (κ3) is 6.68. The molecular weight excluding hydrogens is 296 g/mol. The predicted octanol–water partition coefficient (Wildman–Crippen LogP) is 2.59. The first kappa shape index (κ1) is 18.8. The van der Waals surface area contributed by atoms with Crippen molar-refractivity contribution in [1.29, 1.82) is 0 Å². The lowest BCUT2D eigenvalue weighted by atomic mass is 9.86. The number of rotatable bonds is 6. The molecule has 128 valence electrons. The van der Waals surface area contributed by atoms with E-state index < -0.39 is 29.8 Å². The number of carbonyl (C=O) groups excluding carboxylic acids is 1. The molecule has 0 aromatic heterocycles. The molecule has 1 unspecified atom stereocenters. The van der Waals surface area contributed by atoms with Crippen molar-refractivity contribution in [3.63, 3.8) is 0 Å². The Morgan fingerprint density at radius 1 is 1.32 bits per heavy atom. The smallest absolute Gasteiger partial charge is 0.326 e. The number of carboxylic acid groups (broad SMARTS) is 1. The van der Waals surface area contributed by atoms with Crippen LogP contribution in [-0.4, -0.2) is 41.2 Å². The summed E-state index contributed by atoms with van der Waals surface area (Å²) in [6.07, 6.45) is -0.333. The molecule has 7 heteroatoms. The average Bonchev–Trinajstić information content (AvgIpc) is 2.35. The number of aliphatic carboxylic acids is 1. The number of hydrogen-bond acceptors (Lipinski definition) is 3. The van der Waals surface area contributed by atoms with Gasteiger partial charge in [0.15, 0.2) is 0 Å². The molecule has 1 rings (SSSR count). The standard InChI is InChI=1S/C15H25F2NO4/c1-14(2,3)22-9-6-11(13(20)21)18-12(19)10-4-7-15(16,17)8-5-10/h10-11H,4-9H2,1-3H3,(H,18,19)(H,20,21). The SMILES string of the molecule is CC(C)(C)OCCC(NC(=O)C1CCC(F)(F)CC1)C(=O)O. The van der Waals surface area contributed by atoms with Gasteiger partial charge in [0.05, 0.1) is 5.60 Å². The number of carboxylic acids is 1.